The Balaban J connectivity index is 2.21. The van der Waals surface area contributed by atoms with Gasteiger partial charge in [-0.05, 0) is 31.0 Å². The number of rotatable bonds is 2. The lowest BCUT2D eigenvalue weighted by atomic mass is 10.1. The second-order valence-corrected chi connectivity index (χ2v) is 4.21. The van der Waals surface area contributed by atoms with Gasteiger partial charge in [-0.15, -0.1) is 0 Å². The summed E-state index contributed by atoms with van der Waals surface area (Å²) in [5, 5.41) is 0. The summed E-state index contributed by atoms with van der Waals surface area (Å²) in [6.45, 7) is 0.954. The molecule has 1 aliphatic rings. The van der Waals surface area contributed by atoms with Gasteiger partial charge in [-0.2, -0.15) is 13.2 Å². The van der Waals surface area contributed by atoms with Crippen LogP contribution in [-0.2, 0) is 10.9 Å². The Bertz CT molecular complexity index is 414. The number of nitrogen functional groups attached to an aromatic ring is 1. The molecule has 0 saturated carbocycles. The summed E-state index contributed by atoms with van der Waals surface area (Å²) >= 11 is 0. The van der Waals surface area contributed by atoms with E-state index in [0.717, 1.165) is 12.5 Å². The molecule has 2 rings (SSSR count). The first-order valence-electron chi connectivity index (χ1n) is 5.68. The molecule has 0 bridgehead atoms. The summed E-state index contributed by atoms with van der Waals surface area (Å²) in [6.07, 6.45) is -3.31. The first-order valence-corrected chi connectivity index (χ1v) is 5.68. The topological polar surface area (TPSA) is 44.5 Å². The third kappa shape index (κ3) is 3.07. The standard InChI is InChI=1S/C12H14F3NO2/c13-12(14,15)10-6-8(16)3-4-11(10)18-9-2-1-5-17-7-9/h3-4,6,9H,1-2,5,7,16H2. The van der Waals surface area contributed by atoms with Gasteiger partial charge in [-0.1, -0.05) is 0 Å². The van der Waals surface area contributed by atoms with E-state index in [1.54, 1.807) is 0 Å². The number of halogens is 3. The van der Waals surface area contributed by atoms with E-state index < -0.39 is 11.7 Å². The van der Waals surface area contributed by atoms with Crippen molar-refractivity contribution in [3.05, 3.63) is 23.8 Å². The van der Waals surface area contributed by atoms with Gasteiger partial charge in [-0.3, -0.25) is 0 Å². The lowest BCUT2D eigenvalue weighted by Gasteiger charge is -2.25. The van der Waals surface area contributed by atoms with Crippen molar-refractivity contribution >= 4 is 5.69 Å². The largest absolute Gasteiger partial charge is 0.487 e. The zero-order chi connectivity index (χ0) is 13.2. The minimum absolute atomic E-state index is 0.0644. The van der Waals surface area contributed by atoms with E-state index >= 15 is 0 Å². The molecule has 1 saturated heterocycles. The second-order valence-electron chi connectivity index (χ2n) is 4.21. The number of alkyl halides is 3. The van der Waals surface area contributed by atoms with Gasteiger partial charge in [0.25, 0.3) is 0 Å². The molecule has 100 valence electrons. The van der Waals surface area contributed by atoms with E-state index in [-0.39, 0.29) is 17.5 Å². The van der Waals surface area contributed by atoms with Gasteiger partial charge in [0.2, 0.25) is 0 Å². The lowest BCUT2D eigenvalue weighted by molar-refractivity contribution is -0.139. The summed E-state index contributed by atoms with van der Waals surface area (Å²) in [4.78, 5) is 0. The molecular formula is C12H14F3NO2. The average molecular weight is 261 g/mol. The average Bonchev–Trinajstić information content (AvgIpc) is 2.31. The highest BCUT2D eigenvalue weighted by Crippen LogP contribution is 2.38. The summed E-state index contributed by atoms with van der Waals surface area (Å²) in [6, 6.07) is 3.54. The minimum atomic E-state index is -4.47. The second kappa shape index (κ2) is 5.06. The molecule has 0 aromatic heterocycles. The van der Waals surface area contributed by atoms with Gasteiger partial charge in [0.05, 0.1) is 12.2 Å². The van der Waals surface area contributed by atoms with Crippen molar-refractivity contribution in [2.24, 2.45) is 0 Å². The molecule has 1 atom stereocenters. The van der Waals surface area contributed by atoms with Crippen LogP contribution < -0.4 is 10.5 Å². The Labute approximate surface area is 103 Å². The van der Waals surface area contributed by atoms with E-state index in [4.69, 9.17) is 15.2 Å². The van der Waals surface area contributed by atoms with Crippen molar-refractivity contribution in [1.29, 1.82) is 0 Å². The number of anilines is 1. The molecule has 18 heavy (non-hydrogen) atoms. The Morgan fingerprint density at radius 2 is 2.11 bits per heavy atom. The number of hydrogen-bond donors (Lipinski definition) is 1. The molecule has 0 aliphatic carbocycles. The molecule has 0 amide bonds. The van der Waals surface area contributed by atoms with Crippen LogP contribution in [0.5, 0.6) is 5.75 Å². The van der Waals surface area contributed by atoms with Crippen molar-refractivity contribution in [3.8, 4) is 5.75 Å². The fourth-order valence-corrected chi connectivity index (χ4v) is 1.86. The molecule has 1 fully saturated rings. The van der Waals surface area contributed by atoms with Crippen molar-refractivity contribution < 1.29 is 22.6 Å². The molecule has 0 spiro atoms. The van der Waals surface area contributed by atoms with Crippen molar-refractivity contribution in [2.75, 3.05) is 18.9 Å². The van der Waals surface area contributed by atoms with Gasteiger partial charge in [0.15, 0.2) is 0 Å². The minimum Gasteiger partial charge on any atom is -0.487 e. The molecule has 1 aliphatic heterocycles. The Hall–Kier alpha value is -1.43. The quantitative estimate of drug-likeness (QED) is 0.832. The third-order valence-corrected chi connectivity index (χ3v) is 2.72. The maximum Gasteiger partial charge on any atom is 0.420 e. The molecule has 1 aromatic carbocycles. The summed E-state index contributed by atoms with van der Waals surface area (Å²) in [5.74, 6) is -0.188. The van der Waals surface area contributed by atoms with E-state index in [0.29, 0.717) is 19.6 Å². The smallest absolute Gasteiger partial charge is 0.420 e. The van der Waals surface area contributed by atoms with Crippen LogP contribution in [0.2, 0.25) is 0 Å². The van der Waals surface area contributed by atoms with Crippen LogP contribution in [0.25, 0.3) is 0 Å². The highest BCUT2D eigenvalue weighted by Gasteiger charge is 2.35. The third-order valence-electron chi connectivity index (χ3n) is 2.72. The first kappa shape index (κ1) is 13.0. The molecule has 1 heterocycles. The highest BCUT2D eigenvalue weighted by molar-refractivity contribution is 5.49. The van der Waals surface area contributed by atoms with Gasteiger partial charge < -0.3 is 15.2 Å². The molecule has 1 unspecified atom stereocenters. The zero-order valence-electron chi connectivity index (χ0n) is 9.67. The zero-order valence-corrected chi connectivity index (χ0v) is 9.67. The van der Waals surface area contributed by atoms with Gasteiger partial charge in [0.1, 0.15) is 11.9 Å². The molecule has 1 aromatic rings. The molecule has 3 nitrogen and oxygen atoms in total. The van der Waals surface area contributed by atoms with Crippen molar-refractivity contribution in [2.45, 2.75) is 25.1 Å². The predicted molar refractivity (Wildman–Crippen MR) is 60.3 cm³/mol. The maximum absolute atomic E-state index is 12.8. The van der Waals surface area contributed by atoms with Crippen LogP contribution in [0.15, 0.2) is 18.2 Å². The van der Waals surface area contributed by atoms with E-state index in [1.165, 1.54) is 12.1 Å². The lowest BCUT2D eigenvalue weighted by Crippen LogP contribution is -2.28. The van der Waals surface area contributed by atoms with E-state index in [2.05, 4.69) is 0 Å². The number of hydrogen-bond acceptors (Lipinski definition) is 3. The van der Waals surface area contributed by atoms with Crippen LogP contribution in [-0.4, -0.2) is 19.3 Å². The van der Waals surface area contributed by atoms with Crippen LogP contribution in [0.4, 0.5) is 18.9 Å². The Kier molecular flexibility index (Phi) is 3.65. The van der Waals surface area contributed by atoms with Gasteiger partial charge >= 0.3 is 6.18 Å². The highest BCUT2D eigenvalue weighted by atomic mass is 19.4. The van der Waals surface area contributed by atoms with Crippen LogP contribution in [0, 0.1) is 0 Å². The fraction of sp³-hybridized carbons (Fsp3) is 0.500. The first-order chi connectivity index (χ1) is 8.47. The summed E-state index contributed by atoms with van der Waals surface area (Å²) in [7, 11) is 0. The van der Waals surface area contributed by atoms with Crippen LogP contribution in [0.3, 0.4) is 0 Å². The van der Waals surface area contributed by atoms with Gasteiger partial charge in [-0.25, -0.2) is 0 Å². The SMILES string of the molecule is Nc1ccc(OC2CCCOC2)c(C(F)(F)F)c1. The Morgan fingerprint density at radius 3 is 2.72 bits per heavy atom. The molecular weight excluding hydrogens is 247 g/mol. The molecule has 0 radical (unpaired) electrons. The van der Waals surface area contributed by atoms with Crippen molar-refractivity contribution in [3.63, 3.8) is 0 Å². The number of ether oxygens (including phenoxy) is 2. The number of nitrogens with two attached hydrogens (primary N) is 1. The fourth-order valence-electron chi connectivity index (χ4n) is 1.86. The monoisotopic (exact) mass is 261 g/mol. The summed E-state index contributed by atoms with van der Waals surface area (Å²) < 4.78 is 49.0. The van der Waals surface area contributed by atoms with E-state index in [1.807, 2.05) is 0 Å². The molecule has 6 heteroatoms. The number of benzene rings is 1. The van der Waals surface area contributed by atoms with Crippen LogP contribution in [0.1, 0.15) is 18.4 Å². The molecule has 2 N–H and O–H groups in total. The summed E-state index contributed by atoms with van der Waals surface area (Å²) in [5.41, 5.74) is 4.60. The van der Waals surface area contributed by atoms with E-state index in [9.17, 15) is 13.2 Å². The Morgan fingerprint density at radius 1 is 1.33 bits per heavy atom. The van der Waals surface area contributed by atoms with Crippen molar-refractivity contribution in [1.82, 2.24) is 0 Å². The predicted octanol–water partition coefficient (Wildman–Crippen LogP) is 2.85. The van der Waals surface area contributed by atoms with Gasteiger partial charge in [0, 0.05) is 12.3 Å². The normalized spacial score (nSPS) is 20.7. The van der Waals surface area contributed by atoms with Crippen LogP contribution >= 0.6 is 0 Å². The maximum atomic E-state index is 12.8.